The molecule has 0 aliphatic heterocycles. The molecule has 1 amide bonds. The summed E-state index contributed by atoms with van der Waals surface area (Å²) in [6.45, 7) is 9.41. The van der Waals surface area contributed by atoms with Crippen LogP contribution < -0.4 is 5.32 Å². The number of aromatic nitrogens is 1. The fraction of sp³-hybridized carbons (Fsp3) is 0.409. The van der Waals surface area contributed by atoms with E-state index in [1.807, 2.05) is 45.9 Å². The standard InChI is InChI=1S/C22H27N3O4/c1-15(2)22(5,14-23)24-20(26)13-29-21(27)9-8-18-11-16(3)25(17(18)4)12-19-7-6-10-28-19/h6-11,15H,12-13H2,1-5H3,(H,24,26)/b9-8+/t22-/m1/s1. The molecule has 0 aliphatic carbocycles. The second-order valence-corrected chi connectivity index (χ2v) is 7.45. The Kier molecular flexibility index (Phi) is 7.05. The lowest BCUT2D eigenvalue weighted by Gasteiger charge is -2.27. The highest BCUT2D eigenvalue weighted by molar-refractivity contribution is 5.89. The van der Waals surface area contributed by atoms with Gasteiger partial charge in [-0.05, 0) is 56.5 Å². The zero-order valence-electron chi connectivity index (χ0n) is 17.5. The molecule has 0 bridgehead atoms. The molecule has 0 unspecified atom stereocenters. The number of rotatable bonds is 8. The quantitative estimate of drug-likeness (QED) is 0.544. The normalized spacial score (nSPS) is 13.3. The van der Waals surface area contributed by atoms with E-state index in [1.165, 1.54) is 6.08 Å². The van der Waals surface area contributed by atoms with Gasteiger partial charge in [0.1, 0.15) is 11.3 Å². The molecule has 1 N–H and O–H groups in total. The van der Waals surface area contributed by atoms with E-state index in [2.05, 4.69) is 16.0 Å². The van der Waals surface area contributed by atoms with Gasteiger partial charge in [0.25, 0.3) is 5.91 Å². The number of hydrogen-bond donors (Lipinski definition) is 1. The molecular weight excluding hydrogens is 370 g/mol. The number of esters is 1. The highest BCUT2D eigenvalue weighted by Crippen LogP contribution is 2.19. The van der Waals surface area contributed by atoms with Crippen molar-refractivity contribution in [1.29, 1.82) is 5.26 Å². The number of amides is 1. The van der Waals surface area contributed by atoms with Crippen molar-refractivity contribution in [3.05, 3.63) is 53.2 Å². The highest BCUT2D eigenvalue weighted by atomic mass is 16.5. The van der Waals surface area contributed by atoms with E-state index in [9.17, 15) is 14.9 Å². The third kappa shape index (κ3) is 5.61. The van der Waals surface area contributed by atoms with Crippen LogP contribution in [-0.4, -0.2) is 28.6 Å². The predicted molar refractivity (Wildman–Crippen MR) is 109 cm³/mol. The molecule has 2 rings (SSSR count). The number of ether oxygens (including phenoxy) is 1. The van der Waals surface area contributed by atoms with Crippen LogP contribution in [0.25, 0.3) is 6.08 Å². The smallest absolute Gasteiger partial charge is 0.331 e. The number of nitrogens with one attached hydrogen (secondary N) is 1. The van der Waals surface area contributed by atoms with Gasteiger partial charge in [-0.2, -0.15) is 5.26 Å². The summed E-state index contributed by atoms with van der Waals surface area (Å²) in [4.78, 5) is 24.0. The van der Waals surface area contributed by atoms with Gasteiger partial charge in [0, 0.05) is 17.5 Å². The van der Waals surface area contributed by atoms with Crippen molar-refractivity contribution >= 4 is 18.0 Å². The van der Waals surface area contributed by atoms with Crippen molar-refractivity contribution in [2.45, 2.75) is 46.7 Å². The molecule has 2 heterocycles. The summed E-state index contributed by atoms with van der Waals surface area (Å²) in [6, 6.07) is 7.80. The van der Waals surface area contributed by atoms with Crippen molar-refractivity contribution in [3.63, 3.8) is 0 Å². The lowest BCUT2D eigenvalue weighted by molar-refractivity contribution is -0.144. The molecule has 29 heavy (non-hydrogen) atoms. The van der Waals surface area contributed by atoms with Crippen LogP contribution in [0.5, 0.6) is 0 Å². The maximum absolute atomic E-state index is 12.0. The minimum absolute atomic E-state index is 0.0801. The fourth-order valence-electron chi connectivity index (χ4n) is 2.77. The monoisotopic (exact) mass is 397 g/mol. The summed E-state index contributed by atoms with van der Waals surface area (Å²) >= 11 is 0. The van der Waals surface area contributed by atoms with E-state index in [0.717, 1.165) is 22.7 Å². The van der Waals surface area contributed by atoms with Crippen molar-refractivity contribution in [2.75, 3.05) is 6.61 Å². The average Bonchev–Trinajstić information content (AvgIpc) is 3.28. The first kappa shape index (κ1) is 22.0. The minimum Gasteiger partial charge on any atom is -0.467 e. The van der Waals surface area contributed by atoms with E-state index in [4.69, 9.17) is 9.15 Å². The largest absolute Gasteiger partial charge is 0.467 e. The molecule has 0 fully saturated rings. The maximum atomic E-state index is 12.0. The summed E-state index contributed by atoms with van der Waals surface area (Å²) < 4.78 is 12.5. The van der Waals surface area contributed by atoms with Gasteiger partial charge in [-0.15, -0.1) is 0 Å². The molecule has 0 saturated carbocycles. The molecule has 7 nitrogen and oxygen atoms in total. The Balaban J connectivity index is 1.94. The Hall–Kier alpha value is -3.27. The summed E-state index contributed by atoms with van der Waals surface area (Å²) in [7, 11) is 0. The van der Waals surface area contributed by atoms with E-state index in [1.54, 1.807) is 19.3 Å². The Bertz CT molecular complexity index is 932. The van der Waals surface area contributed by atoms with Gasteiger partial charge in [0.05, 0.1) is 18.9 Å². The Morgan fingerprint density at radius 3 is 2.72 bits per heavy atom. The van der Waals surface area contributed by atoms with Crippen LogP contribution >= 0.6 is 0 Å². The number of aryl methyl sites for hydroxylation is 1. The Morgan fingerprint density at radius 1 is 1.41 bits per heavy atom. The fourth-order valence-corrected chi connectivity index (χ4v) is 2.77. The second-order valence-electron chi connectivity index (χ2n) is 7.45. The third-order valence-corrected chi connectivity index (χ3v) is 5.04. The van der Waals surface area contributed by atoms with E-state index in [0.29, 0.717) is 6.54 Å². The molecule has 0 aliphatic rings. The number of carbonyl (C=O) groups is 2. The molecule has 7 heteroatoms. The molecule has 0 radical (unpaired) electrons. The van der Waals surface area contributed by atoms with Gasteiger partial charge in [0.15, 0.2) is 6.61 Å². The molecule has 154 valence electrons. The van der Waals surface area contributed by atoms with E-state index in [-0.39, 0.29) is 5.92 Å². The average molecular weight is 397 g/mol. The first-order valence-electron chi connectivity index (χ1n) is 9.42. The van der Waals surface area contributed by atoms with Crippen LogP contribution in [0.3, 0.4) is 0 Å². The summed E-state index contributed by atoms with van der Waals surface area (Å²) in [5.41, 5.74) is 1.90. The van der Waals surface area contributed by atoms with Crippen LogP contribution in [0.2, 0.25) is 0 Å². The Labute approximate surface area is 171 Å². The highest BCUT2D eigenvalue weighted by Gasteiger charge is 2.30. The van der Waals surface area contributed by atoms with E-state index < -0.39 is 24.0 Å². The van der Waals surface area contributed by atoms with Crippen LogP contribution in [0.4, 0.5) is 0 Å². The molecular formula is C22H27N3O4. The van der Waals surface area contributed by atoms with Crippen LogP contribution in [0.15, 0.2) is 35.0 Å². The van der Waals surface area contributed by atoms with Gasteiger partial charge in [-0.1, -0.05) is 13.8 Å². The van der Waals surface area contributed by atoms with Gasteiger partial charge in [0.2, 0.25) is 0 Å². The number of hydrogen-bond acceptors (Lipinski definition) is 5. The molecule has 0 spiro atoms. The van der Waals surface area contributed by atoms with Crippen molar-refractivity contribution < 1.29 is 18.7 Å². The number of nitriles is 1. The van der Waals surface area contributed by atoms with Gasteiger partial charge in [-0.25, -0.2) is 4.79 Å². The molecule has 1 atom stereocenters. The number of carbonyl (C=O) groups excluding carboxylic acids is 2. The lowest BCUT2D eigenvalue weighted by atomic mass is 9.90. The summed E-state index contributed by atoms with van der Waals surface area (Å²) in [6.07, 6.45) is 4.59. The topological polar surface area (TPSA) is 97.3 Å². The molecule has 2 aromatic rings. The SMILES string of the molecule is Cc1cc(/C=C/C(=O)OCC(=O)N[C@](C)(C#N)C(C)C)c(C)n1Cc1ccco1. The van der Waals surface area contributed by atoms with Gasteiger partial charge < -0.3 is 19.0 Å². The van der Waals surface area contributed by atoms with Crippen molar-refractivity contribution in [1.82, 2.24) is 9.88 Å². The second kappa shape index (κ2) is 9.28. The first-order chi connectivity index (χ1) is 13.7. The van der Waals surface area contributed by atoms with Crippen molar-refractivity contribution in [2.24, 2.45) is 5.92 Å². The number of furan rings is 1. The zero-order valence-corrected chi connectivity index (χ0v) is 17.5. The zero-order chi connectivity index (χ0) is 21.6. The van der Waals surface area contributed by atoms with Crippen molar-refractivity contribution in [3.8, 4) is 6.07 Å². The number of nitrogens with zero attached hydrogens (tertiary/aromatic N) is 2. The molecule has 2 aromatic heterocycles. The maximum Gasteiger partial charge on any atom is 0.331 e. The Morgan fingerprint density at radius 2 is 2.14 bits per heavy atom. The van der Waals surface area contributed by atoms with Gasteiger partial charge >= 0.3 is 5.97 Å². The summed E-state index contributed by atoms with van der Waals surface area (Å²) in [5.74, 6) is -0.373. The molecule has 0 aromatic carbocycles. The first-order valence-corrected chi connectivity index (χ1v) is 9.42. The van der Waals surface area contributed by atoms with Crippen LogP contribution in [-0.2, 0) is 20.9 Å². The molecule has 0 saturated heterocycles. The van der Waals surface area contributed by atoms with Gasteiger partial charge in [-0.3, -0.25) is 4.79 Å². The van der Waals surface area contributed by atoms with Crippen LogP contribution in [0.1, 0.15) is 43.5 Å². The third-order valence-electron chi connectivity index (χ3n) is 5.04. The lowest BCUT2D eigenvalue weighted by Crippen LogP contribution is -2.50. The van der Waals surface area contributed by atoms with Crippen LogP contribution in [0, 0.1) is 31.1 Å². The minimum atomic E-state index is -1.01. The predicted octanol–water partition coefficient (Wildman–Crippen LogP) is 3.36. The van der Waals surface area contributed by atoms with E-state index >= 15 is 0 Å². The summed E-state index contributed by atoms with van der Waals surface area (Å²) in [5, 5.41) is 11.8.